The Morgan fingerprint density at radius 1 is 1.00 bits per heavy atom. The highest BCUT2D eigenvalue weighted by molar-refractivity contribution is 5.53. The molecule has 0 aliphatic carbocycles. The number of rotatable bonds is 6. The van der Waals surface area contributed by atoms with Gasteiger partial charge in [0.2, 0.25) is 5.75 Å². The SMILES string of the molecule is COc1cc(C[NH+]2CCN(c3cccc[nH+]3)CC2)cc(OC)c1OC. The molecule has 2 N–H and O–H groups in total. The normalized spacial score (nSPS) is 15.1. The van der Waals surface area contributed by atoms with Gasteiger partial charge < -0.3 is 19.1 Å². The second-order valence-electron chi connectivity index (χ2n) is 6.20. The van der Waals surface area contributed by atoms with Crippen molar-refractivity contribution in [2.75, 3.05) is 52.4 Å². The van der Waals surface area contributed by atoms with Crippen molar-refractivity contribution < 1.29 is 24.1 Å². The van der Waals surface area contributed by atoms with E-state index in [1.807, 2.05) is 24.4 Å². The van der Waals surface area contributed by atoms with Crippen LogP contribution in [0, 0.1) is 0 Å². The summed E-state index contributed by atoms with van der Waals surface area (Å²) in [5, 5.41) is 0. The number of H-pyrrole nitrogens is 1. The Bertz CT molecular complexity index is 661. The molecule has 1 aromatic heterocycles. The highest BCUT2D eigenvalue weighted by atomic mass is 16.5. The molecule has 0 bridgehead atoms. The molecule has 1 fully saturated rings. The van der Waals surface area contributed by atoms with Crippen LogP contribution < -0.4 is 29.0 Å². The van der Waals surface area contributed by atoms with Crippen LogP contribution in [0.25, 0.3) is 0 Å². The van der Waals surface area contributed by atoms with E-state index in [4.69, 9.17) is 14.2 Å². The zero-order valence-electron chi connectivity index (χ0n) is 15.2. The van der Waals surface area contributed by atoms with Gasteiger partial charge in [0.05, 0.1) is 27.5 Å². The average Bonchev–Trinajstić information content (AvgIpc) is 2.68. The Kier molecular flexibility index (Phi) is 5.60. The summed E-state index contributed by atoms with van der Waals surface area (Å²) in [6.45, 7) is 5.22. The monoisotopic (exact) mass is 345 g/mol. The van der Waals surface area contributed by atoms with Crippen molar-refractivity contribution in [3.05, 3.63) is 42.1 Å². The van der Waals surface area contributed by atoms with E-state index < -0.39 is 0 Å². The van der Waals surface area contributed by atoms with Gasteiger partial charge in [-0.3, -0.25) is 4.90 Å². The zero-order chi connectivity index (χ0) is 17.6. The Labute approximate surface area is 148 Å². The summed E-state index contributed by atoms with van der Waals surface area (Å²) >= 11 is 0. The minimum absolute atomic E-state index is 0.646. The smallest absolute Gasteiger partial charge is 0.274 e. The fourth-order valence-electron chi connectivity index (χ4n) is 3.35. The summed E-state index contributed by atoms with van der Waals surface area (Å²) in [5.41, 5.74) is 1.20. The van der Waals surface area contributed by atoms with Crippen LogP contribution in [-0.2, 0) is 6.54 Å². The van der Waals surface area contributed by atoms with E-state index >= 15 is 0 Å². The van der Waals surface area contributed by atoms with Gasteiger partial charge in [-0.25, -0.2) is 4.98 Å². The molecular formula is C19H27N3O3+2. The molecule has 3 rings (SSSR count). The maximum atomic E-state index is 5.46. The second-order valence-corrected chi connectivity index (χ2v) is 6.20. The molecule has 1 aliphatic heterocycles. The number of methoxy groups -OCH3 is 3. The van der Waals surface area contributed by atoms with Gasteiger partial charge in [-0.2, -0.15) is 0 Å². The van der Waals surface area contributed by atoms with Gasteiger partial charge in [0, 0.05) is 11.6 Å². The first-order valence-electron chi connectivity index (χ1n) is 8.59. The fourth-order valence-corrected chi connectivity index (χ4v) is 3.35. The fraction of sp³-hybridized carbons (Fsp3) is 0.421. The van der Waals surface area contributed by atoms with Crippen molar-refractivity contribution >= 4 is 5.82 Å². The predicted molar refractivity (Wildman–Crippen MR) is 95.7 cm³/mol. The lowest BCUT2D eigenvalue weighted by atomic mass is 10.1. The number of hydrogen-bond donors (Lipinski definition) is 1. The van der Waals surface area contributed by atoms with E-state index in [-0.39, 0.29) is 0 Å². The third-order valence-corrected chi connectivity index (χ3v) is 4.68. The summed E-state index contributed by atoms with van der Waals surface area (Å²) in [6, 6.07) is 10.3. The van der Waals surface area contributed by atoms with Gasteiger partial charge in [0.15, 0.2) is 11.5 Å². The minimum Gasteiger partial charge on any atom is -0.493 e. The number of aromatic nitrogens is 1. The van der Waals surface area contributed by atoms with Gasteiger partial charge in [-0.1, -0.05) is 6.07 Å². The number of aromatic amines is 1. The molecule has 2 heterocycles. The van der Waals surface area contributed by atoms with E-state index in [9.17, 15) is 0 Å². The van der Waals surface area contributed by atoms with E-state index in [0.717, 1.165) is 32.7 Å². The third kappa shape index (κ3) is 3.96. The largest absolute Gasteiger partial charge is 0.493 e. The lowest BCUT2D eigenvalue weighted by Gasteiger charge is -2.28. The molecule has 0 spiro atoms. The first-order chi connectivity index (χ1) is 12.2. The van der Waals surface area contributed by atoms with E-state index in [1.165, 1.54) is 11.4 Å². The number of nitrogens with zero attached hydrogens (tertiary/aromatic N) is 1. The minimum atomic E-state index is 0.646. The van der Waals surface area contributed by atoms with Gasteiger partial charge in [0.25, 0.3) is 5.82 Å². The van der Waals surface area contributed by atoms with Gasteiger partial charge >= 0.3 is 0 Å². The molecule has 0 atom stereocenters. The molecule has 134 valence electrons. The third-order valence-electron chi connectivity index (χ3n) is 4.68. The molecule has 2 aromatic rings. The Morgan fingerprint density at radius 3 is 2.20 bits per heavy atom. The molecule has 6 heteroatoms. The van der Waals surface area contributed by atoms with Crippen molar-refractivity contribution in [2.45, 2.75) is 6.54 Å². The number of pyridine rings is 1. The number of hydrogen-bond acceptors (Lipinski definition) is 4. The standard InChI is InChI=1S/C19H25N3O3/c1-23-16-12-15(13-17(24-2)19(16)25-3)14-21-8-10-22(11-9-21)18-6-4-5-7-20-18/h4-7,12-13H,8-11,14H2,1-3H3/p+2. The topological polar surface area (TPSA) is 49.5 Å². The van der Waals surface area contributed by atoms with Crippen LogP contribution in [0.1, 0.15) is 5.56 Å². The molecule has 0 amide bonds. The Balaban J connectivity index is 1.66. The number of benzene rings is 1. The molecule has 0 radical (unpaired) electrons. The van der Waals surface area contributed by atoms with Crippen LogP contribution in [0.3, 0.4) is 0 Å². The first kappa shape index (κ1) is 17.4. The van der Waals surface area contributed by atoms with Crippen molar-refractivity contribution in [2.24, 2.45) is 0 Å². The summed E-state index contributed by atoms with van der Waals surface area (Å²) in [4.78, 5) is 7.27. The Hall–Kier alpha value is -2.47. The van der Waals surface area contributed by atoms with Gasteiger partial charge in [-0.15, -0.1) is 0 Å². The molecule has 0 unspecified atom stereocenters. The molecule has 25 heavy (non-hydrogen) atoms. The van der Waals surface area contributed by atoms with E-state index in [0.29, 0.717) is 17.2 Å². The lowest BCUT2D eigenvalue weighted by molar-refractivity contribution is -0.914. The zero-order valence-corrected chi connectivity index (χ0v) is 15.2. The lowest BCUT2D eigenvalue weighted by Crippen LogP contribution is -3.13. The number of anilines is 1. The number of ether oxygens (including phenoxy) is 3. The number of quaternary nitrogens is 1. The molecule has 1 aromatic carbocycles. The summed E-state index contributed by atoms with van der Waals surface area (Å²) in [5.74, 6) is 3.27. The average molecular weight is 345 g/mol. The van der Waals surface area contributed by atoms with Crippen molar-refractivity contribution in [1.29, 1.82) is 0 Å². The van der Waals surface area contributed by atoms with Crippen LogP contribution in [-0.4, -0.2) is 47.5 Å². The van der Waals surface area contributed by atoms with Crippen LogP contribution in [0.5, 0.6) is 17.2 Å². The van der Waals surface area contributed by atoms with Gasteiger partial charge in [-0.05, 0) is 18.2 Å². The Morgan fingerprint density at radius 2 is 1.68 bits per heavy atom. The van der Waals surface area contributed by atoms with Crippen LogP contribution in [0.15, 0.2) is 36.5 Å². The van der Waals surface area contributed by atoms with Crippen molar-refractivity contribution in [3.8, 4) is 17.2 Å². The first-order valence-corrected chi connectivity index (χ1v) is 8.59. The van der Waals surface area contributed by atoms with Crippen molar-refractivity contribution in [3.63, 3.8) is 0 Å². The second kappa shape index (κ2) is 8.07. The summed E-state index contributed by atoms with van der Waals surface area (Å²) in [6.07, 6.45) is 1.98. The highest BCUT2D eigenvalue weighted by Crippen LogP contribution is 2.37. The maximum absolute atomic E-state index is 5.46. The quantitative estimate of drug-likeness (QED) is 0.825. The summed E-state index contributed by atoms with van der Waals surface area (Å²) < 4.78 is 16.3. The van der Waals surface area contributed by atoms with E-state index in [2.05, 4.69) is 22.0 Å². The number of nitrogens with one attached hydrogen (secondary N) is 2. The molecule has 0 saturated carbocycles. The molecule has 6 nitrogen and oxygen atoms in total. The predicted octanol–water partition coefficient (Wildman–Crippen LogP) is 0.432. The van der Waals surface area contributed by atoms with E-state index in [1.54, 1.807) is 26.2 Å². The molecule has 1 saturated heterocycles. The summed E-state index contributed by atoms with van der Waals surface area (Å²) in [7, 11) is 4.94. The van der Waals surface area contributed by atoms with Crippen molar-refractivity contribution in [1.82, 2.24) is 0 Å². The molecular weight excluding hydrogens is 318 g/mol. The van der Waals surface area contributed by atoms with Crippen LogP contribution >= 0.6 is 0 Å². The van der Waals surface area contributed by atoms with Crippen LogP contribution in [0.4, 0.5) is 5.82 Å². The highest BCUT2D eigenvalue weighted by Gasteiger charge is 2.26. The molecule has 1 aliphatic rings. The number of piperazine rings is 1. The maximum Gasteiger partial charge on any atom is 0.274 e. The van der Waals surface area contributed by atoms with Crippen LogP contribution in [0.2, 0.25) is 0 Å². The van der Waals surface area contributed by atoms with Gasteiger partial charge in [0.1, 0.15) is 32.7 Å².